The molecule has 0 aliphatic heterocycles. The lowest BCUT2D eigenvalue weighted by molar-refractivity contribution is 1.02. The molecular formula is C10H10BrN3S. The topological polar surface area (TPSA) is 51.8 Å². The summed E-state index contributed by atoms with van der Waals surface area (Å²) in [5.74, 6) is 0.751. The molecule has 2 heterocycles. The molecule has 2 N–H and O–H groups in total. The van der Waals surface area contributed by atoms with Gasteiger partial charge in [0.05, 0.1) is 16.3 Å². The summed E-state index contributed by atoms with van der Waals surface area (Å²) in [6, 6.07) is 2.02. The molecule has 0 unspecified atom stereocenters. The highest BCUT2D eigenvalue weighted by Gasteiger charge is 2.10. The van der Waals surface area contributed by atoms with Gasteiger partial charge in [0, 0.05) is 9.85 Å². The predicted molar refractivity (Wildman–Crippen MR) is 66.9 cm³/mol. The van der Waals surface area contributed by atoms with E-state index in [-0.39, 0.29) is 0 Å². The fraction of sp³-hybridized carbons (Fsp3) is 0.200. The number of hydrogen-bond donors (Lipinski definition) is 1. The van der Waals surface area contributed by atoms with E-state index >= 15 is 0 Å². The molecule has 0 aliphatic rings. The fourth-order valence-corrected chi connectivity index (χ4v) is 2.78. The van der Waals surface area contributed by atoms with E-state index < -0.39 is 0 Å². The van der Waals surface area contributed by atoms with Gasteiger partial charge >= 0.3 is 0 Å². The molecule has 0 amide bonds. The molecule has 78 valence electrons. The first-order valence-electron chi connectivity index (χ1n) is 4.43. The van der Waals surface area contributed by atoms with E-state index in [1.54, 1.807) is 11.3 Å². The van der Waals surface area contributed by atoms with E-state index in [2.05, 4.69) is 25.9 Å². The molecule has 0 fully saturated rings. The van der Waals surface area contributed by atoms with Crippen LogP contribution in [0.15, 0.2) is 15.9 Å². The van der Waals surface area contributed by atoms with Gasteiger partial charge in [0.15, 0.2) is 0 Å². The Kier molecular flexibility index (Phi) is 2.75. The minimum absolute atomic E-state index is 0.662. The Bertz CT molecular complexity index is 507. The lowest BCUT2D eigenvalue weighted by Gasteiger charge is -2.05. The van der Waals surface area contributed by atoms with Crippen LogP contribution >= 0.6 is 27.3 Å². The maximum absolute atomic E-state index is 5.96. The third-order valence-corrected chi connectivity index (χ3v) is 3.75. The Hall–Kier alpha value is -0.940. The Balaban J connectivity index is 2.62. The van der Waals surface area contributed by atoms with Gasteiger partial charge in [0.25, 0.3) is 0 Å². The van der Waals surface area contributed by atoms with Crippen LogP contribution in [0.5, 0.6) is 0 Å². The van der Waals surface area contributed by atoms with Crippen molar-refractivity contribution in [3.63, 3.8) is 0 Å². The van der Waals surface area contributed by atoms with Crippen LogP contribution in [0.3, 0.4) is 0 Å². The van der Waals surface area contributed by atoms with Crippen molar-refractivity contribution < 1.29 is 0 Å². The number of aryl methyl sites for hydroxylation is 2. The van der Waals surface area contributed by atoms with Crippen molar-refractivity contribution in [1.82, 2.24) is 9.97 Å². The summed E-state index contributed by atoms with van der Waals surface area (Å²) in [5, 5.41) is 2.02. The minimum atomic E-state index is 0.662. The van der Waals surface area contributed by atoms with E-state index in [1.165, 1.54) is 0 Å². The monoisotopic (exact) mass is 283 g/mol. The molecular weight excluding hydrogens is 274 g/mol. The molecule has 0 aliphatic carbocycles. The van der Waals surface area contributed by atoms with Gasteiger partial charge in [0.2, 0.25) is 0 Å². The van der Waals surface area contributed by atoms with Gasteiger partial charge in [-0.25, -0.2) is 9.97 Å². The second kappa shape index (κ2) is 3.90. The van der Waals surface area contributed by atoms with E-state index in [9.17, 15) is 0 Å². The van der Waals surface area contributed by atoms with Crippen molar-refractivity contribution in [2.45, 2.75) is 13.8 Å². The zero-order chi connectivity index (χ0) is 11.0. The van der Waals surface area contributed by atoms with Crippen LogP contribution in [0.2, 0.25) is 0 Å². The highest BCUT2D eigenvalue weighted by molar-refractivity contribution is 9.10. The molecule has 2 rings (SSSR count). The minimum Gasteiger partial charge on any atom is -0.395 e. The average Bonchev–Trinajstić information content (AvgIpc) is 2.58. The number of rotatable bonds is 1. The standard InChI is InChI=1S/C10H10BrN3S/c1-5-9(12)10(14-6(2)13-5)8-3-7(11)4-15-8/h3-4H,12H2,1-2H3. The lowest BCUT2D eigenvalue weighted by atomic mass is 10.2. The van der Waals surface area contributed by atoms with Crippen LogP contribution in [-0.2, 0) is 0 Å². The number of halogens is 1. The molecule has 5 heteroatoms. The number of nitrogens with zero attached hydrogens (tertiary/aromatic N) is 2. The van der Waals surface area contributed by atoms with Crippen molar-refractivity contribution in [2.75, 3.05) is 5.73 Å². The Morgan fingerprint density at radius 3 is 2.67 bits per heavy atom. The number of nitrogen functional groups attached to an aromatic ring is 1. The van der Waals surface area contributed by atoms with E-state index in [0.717, 1.165) is 26.6 Å². The first-order chi connectivity index (χ1) is 7.08. The molecule has 0 bridgehead atoms. The summed E-state index contributed by atoms with van der Waals surface area (Å²) >= 11 is 5.03. The Labute approximate surface area is 101 Å². The molecule has 0 radical (unpaired) electrons. The number of thiophene rings is 1. The summed E-state index contributed by atoms with van der Waals surface area (Å²) in [7, 11) is 0. The number of hydrogen-bond acceptors (Lipinski definition) is 4. The zero-order valence-electron chi connectivity index (χ0n) is 8.41. The molecule has 0 spiro atoms. The van der Waals surface area contributed by atoms with Crippen LogP contribution in [0.1, 0.15) is 11.5 Å². The molecule has 3 nitrogen and oxygen atoms in total. The molecule has 0 atom stereocenters. The number of nitrogens with two attached hydrogens (primary N) is 1. The number of aromatic nitrogens is 2. The normalized spacial score (nSPS) is 10.6. The van der Waals surface area contributed by atoms with E-state index in [0.29, 0.717) is 5.69 Å². The molecule has 15 heavy (non-hydrogen) atoms. The average molecular weight is 284 g/mol. The second-order valence-electron chi connectivity index (χ2n) is 3.25. The van der Waals surface area contributed by atoms with Gasteiger partial charge in [-0.1, -0.05) is 0 Å². The maximum Gasteiger partial charge on any atom is 0.126 e. The summed E-state index contributed by atoms with van der Waals surface area (Å²) in [6.45, 7) is 3.77. The van der Waals surface area contributed by atoms with Gasteiger partial charge in [0.1, 0.15) is 11.5 Å². The molecule has 2 aromatic heterocycles. The van der Waals surface area contributed by atoms with Crippen molar-refractivity contribution in [3.05, 3.63) is 27.4 Å². The maximum atomic E-state index is 5.96. The summed E-state index contributed by atoms with van der Waals surface area (Å²) in [6.07, 6.45) is 0. The summed E-state index contributed by atoms with van der Waals surface area (Å²) < 4.78 is 1.05. The highest BCUT2D eigenvalue weighted by Crippen LogP contribution is 2.32. The predicted octanol–water partition coefficient (Wildman–Crippen LogP) is 3.17. The van der Waals surface area contributed by atoms with Crippen molar-refractivity contribution in [2.24, 2.45) is 0 Å². The SMILES string of the molecule is Cc1nc(C)c(N)c(-c2cc(Br)cs2)n1. The van der Waals surface area contributed by atoms with Gasteiger partial charge in [-0.15, -0.1) is 11.3 Å². The first-order valence-corrected chi connectivity index (χ1v) is 6.10. The van der Waals surface area contributed by atoms with Crippen LogP contribution in [0.25, 0.3) is 10.6 Å². The Morgan fingerprint density at radius 1 is 1.33 bits per heavy atom. The van der Waals surface area contributed by atoms with Gasteiger partial charge in [-0.3, -0.25) is 0 Å². The van der Waals surface area contributed by atoms with Crippen molar-refractivity contribution in [3.8, 4) is 10.6 Å². The fourth-order valence-electron chi connectivity index (χ4n) is 1.35. The van der Waals surface area contributed by atoms with Crippen LogP contribution in [0.4, 0.5) is 5.69 Å². The highest BCUT2D eigenvalue weighted by atomic mass is 79.9. The smallest absolute Gasteiger partial charge is 0.126 e. The van der Waals surface area contributed by atoms with Gasteiger partial charge < -0.3 is 5.73 Å². The molecule has 0 aromatic carbocycles. The van der Waals surface area contributed by atoms with Crippen molar-refractivity contribution in [1.29, 1.82) is 0 Å². The third-order valence-electron chi connectivity index (χ3n) is 2.05. The lowest BCUT2D eigenvalue weighted by Crippen LogP contribution is -2.01. The van der Waals surface area contributed by atoms with E-state index in [4.69, 9.17) is 5.73 Å². The quantitative estimate of drug-likeness (QED) is 0.875. The van der Waals surface area contributed by atoms with E-state index in [1.807, 2.05) is 25.3 Å². The molecule has 0 saturated heterocycles. The van der Waals surface area contributed by atoms with Crippen LogP contribution < -0.4 is 5.73 Å². The van der Waals surface area contributed by atoms with Crippen LogP contribution in [-0.4, -0.2) is 9.97 Å². The third kappa shape index (κ3) is 2.03. The first kappa shape index (κ1) is 10.6. The largest absolute Gasteiger partial charge is 0.395 e. The van der Waals surface area contributed by atoms with Gasteiger partial charge in [-0.2, -0.15) is 0 Å². The Morgan fingerprint density at radius 2 is 2.07 bits per heavy atom. The summed E-state index contributed by atoms with van der Waals surface area (Å²) in [4.78, 5) is 9.66. The summed E-state index contributed by atoms with van der Waals surface area (Å²) in [5.41, 5.74) is 8.29. The van der Waals surface area contributed by atoms with Crippen molar-refractivity contribution >= 4 is 33.0 Å². The van der Waals surface area contributed by atoms with Crippen LogP contribution in [0, 0.1) is 13.8 Å². The molecule has 2 aromatic rings. The van der Waals surface area contributed by atoms with Gasteiger partial charge in [-0.05, 0) is 35.8 Å². The second-order valence-corrected chi connectivity index (χ2v) is 5.07. The molecule has 0 saturated carbocycles. The number of anilines is 1. The zero-order valence-corrected chi connectivity index (χ0v) is 10.8.